The van der Waals surface area contributed by atoms with Crippen LogP contribution >= 0.6 is 0 Å². The highest BCUT2D eigenvalue weighted by Crippen LogP contribution is 2.32. The van der Waals surface area contributed by atoms with Crippen LogP contribution in [0.1, 0.15) is 32.6 Å². The Morgan fingerprint density at radius 3 is 2.52 bits per heavy atom. The van der Waals surface area contributed by atoms with E-state index in [9.17, 15) is 9.90 Å². The predicted octanol–water partition coefficient (Wildman–Crippen LogP) is 0.293. The van der Waals surface area contributed by atoms with E-state index in [0.717, 1.165) is 51.9 Å². The van der Waals surface area contributed by atoms with E-state index in [4.69, 9.17) is 10.5 Å². The summed E-state index contributed by atoms with van der Waals surface area (Å²) in [5, 5.41) is 9.47. The van der Waals surface area contributed by atoms with Gasteiger partial charge in [0.15, 0.2) is 0 Å². The number of β-amino-alcohol motifs (C(OH)–C–C–N with tert-alkyl or cyclic N) is 1. The van der Waals surface area contributed by atoms with Gasteiger partial charge in [-0.1, -0.05) is 0 Å². The van der Waals surface area contributed by atoms with Crippen molar-refractivity contribution in [2.45, 2.75) is 38.7 Å². The Kier molecular flexibility index (Phi) is 6.83. The number of aliphatic hydroxyl groups excluding tert-OH is 1. The molecule has 2 heterocycles. The lowest BCUT2D eigenvalue weighted by Crippen LogP contribution is -2.51. The van der Waals surface area contributed by atoms with Gasteiger partial charge in [0, 0.05) is 39.9 Å². The van der Waals surface area contributed by atoms with Crippen LogP contribution in [0.3, 0.4) is 0 Å². The Bertz CT molecular complexity index is 375. The zero-order valence-corrected chi connectivity index (χ0v) is 14.7. The van der Waals surface area contributed by atoms with Crippen molar-refractivity contribution in [1.29, 1.82) is 0 Å². The van der Waals surface area contributed by atoms with Crippen LogP contribution in [0.5, 0.6) is 0 Å². The zero-order valence-electron chi connectivity index (χ0n) is 14.7. The molecule has 3 N–H and O–H groups in total. The van der Waals surface area contributed by atoms with E-state index in [-0.39, 0.29) is 12.0 Å². The lowest BCUT2D eigenvalue weighted by Gasteiger charge is -2.40. The standard InChI is InChI=1S/C17H33N3O3/c1-14(21)11-20-7-3-15(4-8-20)12-19(2)16(22)17(13-18)5-9-23-10-6-17/h14-15,21H,3-13,18H2,1-2H3. The van der Waals surface area contributed by atoms with Crippen LogP contribution in [0.15, 0.2) is 0 Å². The molecule has 0 aromatic heterocycles. The normalized spacial score (nSPS) is 24.3. The van der Waals surface area contributed by atoms with Crippen LogP contribution in [0.25, 0.3) is 0 Å². The third-order valence-electron chi connectivity index (χ3n) is 5.40. The molecule has 1 amide bonds. The number of likely N-dealkylation sites (tertiary alicyclic amines) is 1. The number of hydrogen-bond donors (Lipinski definition) is 2. The van der Waals surface area contributed by atoms with Crippen molar-refractivity contribution in [3.8, 4) is 0 Å². The summed E-state index contributed by atoms with van der Waals surface area (Å²) in [6.45, 7) is 7.08. The van der Waals surface area contributed by atoms with Gasteiger partial charge in [0.25, 0.3) is 0 Å². The molecule has 0 aromatic carbocycles. The first-order valence-electron chi connectivity index (χ1n) is 8.90. The van der Waals surface area contributed by atoms with Gasteiger partial charge in [-0.25, -0.2) is 0 Å². The Morgan fingerprint density at radius 2 is 2.00 bits per heavy atom. The third-order valence-corrected chi connectivity index (χ3v) is 5.40. The van der Waals surface area contributed by atoms with Gasteiger partial charge in [0.1, 0.15) is 0 Å². The third kappa shape index (κ3) is 4.89. The summed E-state index contributed by atoms with van der Waals surface area (Å²) in [5.74, 6) is 0.735. The second-order valence-electron chi connectivity index (χ2n) is 7.38. The first kappa shape index (κ1) is 18.6. The number of ether oxygens (including phenoxy) is 1. The van der Waals surface area contributed by atoms with Crippen molar-refractivity contribution in [2.75, 3.05) is 53.0 Å². The molecule has 0 spiro atoms. The highest BCUT2D eigenvalue weighted by Gasteiger charge is 2.41. The highest BCUT2D eigenvalue weighted by atomic mass is 16.5. The van der Waals surface area contributed by atoms with Gasteiger partial charge >= 0.3 is 0 Å². The van der Waals surface area contributed by atoms with Crippen LogP contribution in [-0.2, 0) is 9.53 Å². The SMILES string of the molecule is CC(O)CN1CCC(CN(C)C(=O)C2(CN)CCOCC2)CC1. The number of hydrogen-bond acceptors (Lipinski definition) is 5. The van der Waals surface area contributed by atoms with Crippen molar-refractivity contribution < 1.29 is 14.6 Å². The van der Waals surface area contributed by atoms with Gasteiger partial charge in [-0.15, -0.1) is 0 Å². The largest absolute Gasteiger partial charge is 0.392 e. The highest BCUT2D eigenvalue weighted by molar-refractivity contribution is 5.83. The summed E-state index contributed by atoms with van der Waals surface area (Å²) in [5.41, 5.74) is 5.52. The van der Waals surface area contributed by atoms with E-state index in [2.05, 4.69) is 4.90 Å². The fourth-order valence-electron chi connectivity index (χ4n) is 3.87. The molecule has 2 aliphatic heterocycles. The lowest BCUT2D eigenvalue weighted by molar-refractivity contribution is -0.146. The minimum absolute atomic E-state index is 0.190. The number of rotatable bonds is 6. The second kappa shape index (κ2) is 8.42. The molecule has 0 saturated carbocycles. The van der Waals surface area contributed by atoms with Crippen LogP contribution in [0.4, 0.5) is 0 Å². The molecular weight excluding hydrogens is 294 g/mol. The minimum atomic E-state index is -0.417. The molecule has 23 heavy (non-hydrogen) atoms. The van der Waals surface area contributed by atoms with Crippen molar-refractivity contribution in [2.24, 2.45) is 17.1 Å². The zero-order chi connectivity index (χ0) is 16.9. The van der Waals surface area contributed by atoms with Crippen molar-refractivity contribution in [1.82, 2.24) is 9.80 Å². The number of nitrogens with zero attached hydrogens (tertiary/aromatic N) is 2. The number of carbonyl (C=O) groups excluding carboxylic acids is 1. The van der Waals surface area contributed by atoms with E-state index < -0.39 is 5.41 Å². The minimum Gasteiger partial charge on any atom is -0.392 e. The van der Waals surface area contributed by atoms with E-state index in [1.165, 1.54) is 0 Å². The molecule has 2 rings (SSSR count). The van der Waals surface area contributed by atoms with Crippen LogP contribution in [0.2, 0.25) is 0 Å². The van der Waals surface area contributed by atoms with Crippen molar-refractivity contribution >= 4 is 5.91 Å². The topological polar surface area (TPSA) is 79.0 Å². The van der Waals surface area contributed by atoms with Gasteiger partial charge in [0.2, 0.25) is 5.91 Å². The molecule has 1 unspecified atom stereocenters. The summed E-state index contributed by atoms with van der Waals surface area (Å²) in [6.07, 6.45) is 3.37. The number of amides is 1. The van der Waals surface area contributed by atoms with Crippen LogP contribution in [0, 0.1) is 11.3 Å². The molecule has 2 saturated heterocycles. The van der Waals surface area contributed by atoms with E-state index in [0.29, 0.717) is 25.7 Å². The molecule has 134 valence electrons. The van der Waals surface area contributed by atoms with Gasteiger partial charge in [-0.05, 0) is 51.6 Å². The second-order valence-corrected chi connectivity index (χ2v) is 7.38. The number of carbonyl (C=O) groups is 1. The molecular formula is C17H33N3O3. The molecule has 1 atom stereocenters. The number of aliphatic hydroxyl groups is 1. The molecule has 6 nitrogen and oxygen atoms in total. The van der Waals surface area contributed by atoms with Gasteiger partial charge in [0.05, 0.1) is 11.5 Å². The van der Waals surface area contributed by atoms with Crippen LogP contribution in [-0.4, -0.2) is 79.9 Å². The fourth-order valence-corrected chi connectivity index (χ4v) is 3.87. The Hall–Kier alpha value is -0.690. The average Bonchev–Trinajstić information content (AvgIpc) is 2.56. The molecule has 2 aliphatic rings. The summed E-state index contributed by atoms with van der Waals surface area (Å²) in [4.78, 5) is 17.1. The molecule has 0 aliphatic carbocycles. The monoisotopic (exact) mass is 327 g/mol. The first-order chi connectivity index (χ1) is 11.0. The summed E-state index contributed by atoms with van der Waals surface area (Å²) >= 11 is 0. The van der Waals surface area contributed by atoms with E-state index in [1.807, 2.05) is 18.9 Å². The number of piperidine rings is 1. The van der Waals surface area contributed by atoms with Gasteiger partial charge in [-0.2, -0.15) is 0 Å². The Balaban J connectivity index is 1.82. The smallest absolute Gasteiger partial charge is 0.229 e. The summed E-state index contributed by atoms with van der Waals surface area (Å²) in [7, 11) is 1.91. The maximum Gasteiger partial charge on any atom is 0.229 e. The molecule has 0 aromatic rings. The number of nitrogens with two attached hydrogens (primary N) is 1. The van der Waals surface area contributed by atoms with Crippen molar-refractivity contribution in [3.63, 3.8) is 0 Å². The van der Waals surface area contributed by atoms with Crippen LogP contribution < -0.4 is 5.73 Å². The maximum absolute atomic E-state index is 12.9. The predicted molar refractivity (Wildman–Crippen MR) is 90.0 cm³/mol. The lowest BCUT2D eigenvalue weighted by atomic mass is 9.78. The molecule has 6 heteroatoms. The molecule has 0 radical (unpaired) electrons. The molecule has 0 bridgehead atoms. The summed E-state index contributed by atoms with van der Waals surface area (Å²) < 4.78 is 5.40. The fraction of sp³-hybridized carbons (Fsp3) is 0.941. The summed E-state index contributed by atoms with van der Waals surface area (Å²) in [6, 6.07) is 0. The Labute approximate surface area is 139 Å². The van der Waals surface area contributed by atoms with Crippen molar-refractivity contribution in [3.05, 3.63) is 0 Å². The quantitative estimate of drug-likeness (QED) is 0.733. The maximum atomic E-state index is 12.9. The van der Waals surface area contributed by atoms with Gasteiger partial charge in [-0.3, -0.25) is 4.79 Å². The average molecular weight is 327 g/mol. The van der Waals surface area contributed by atoms with E-state index >= 15 is 0 Å². The van der Waals surface area contributed by atoms with Gasteiger partial charge < -0.3 is 25.4 Å². The Morgan fingerprint density at radius 1 is 1.39 bits per heavy atom. The first-order valence-corrected chi connectivity index (χ1v) is 8.90. The van der Waals surface area contributed by atoms with E-state index in [1.54, 1.807) is 0 Å². The molecule has 2 fully saturated rings.